The lowest BCUT2D eigenvalue weighted by Gasteiger charge is -2.41. The smallest absolute Gasteiger partial charge is 0.338 e. The van der Waals surface area contributed by atoms with Crippen molar-refractivity contribution in [3.8, 4) is 0 Å². The number of nitrogens with one attached hydrogen (secondary N) is 2. The number of ether oxygens (including phenoxy) is 1. The Labute approximate surface area is 218 Å². The number of carbonyl (C=O) groups is 4. The summed E-state index contributed by atoms with van der Waals surface area (Å²) < 4.78 is 4.97. The van der Waals surface area contributed by atoms with Crippen LogP contribution in [0.15, 0.2) is 54.6 Å². The number of nitrogens with zero attached hydrogens (tertiary/aromatic N) is 2. The number of piperazine rings is 1. The molecule has 0 spiro atoms. The number of rotatable bonds is 8. The monoisotopic (exact) mass is 508 g/mol. The summed E-state index contributed by atoms with van der Waals surface area (Å²) in [6.45, 7) is 9.05. The van der Waals surface area contributed by atoms with E-state index in [0.29, 0.717) is 42.9 Å². The van der Waals surface area contributed by atoms with Gasteiger partial charge in [0, 0.05) is 36.9 Å². The average Bonchev–Trinajstić information content (AvgIpc) is 2.91. The molecule has 3 atom stereocenters. The Hall–Kier alpha value is -3.88. The number of esters is 1. The third-order valence-corrected chi connectivity index (χ3v) is 6.64. The first-order valence-corrected chi connectivity index (χ1v) is 12.7. The van der Waals surface area contributed by atoms with E-state index in [0.717, 1.165) is 0 Å². The van der Waals surface area contributed by atoms with Gasteiger partial charge in [0.05, 0.1) is 12.2 Å². The van der Waals surface area contributed by atoms with Crippen LogP contribution in [0.3, 0.4) is 0 Å². The van der Waals surface area contributed by atoms with Gasteiger partial charge in [0.25, 0.3) is 5.91 Å². The highest BCUT2D eigenvalue weighted by Crippen LogP contribution is 2.18. The molecule has 0 radical (unpaired) electrons. The Morgan fingerprint density at radius 3 is 2.24 bits per heavy atom. The van der Waals surface area contributed by atoms with Crippen molar-refractivity contribution >= 4 is 29.5 Å². The Morgan fingerprint density at radius 2 is 1.65 bits per heavy atom. The van der Waals surface area contributed by atoms with Crippen molar-refractivity contribution in [3.63, 3.8) is 0 Å². The van der Waals surface area contributed by atoms with Gasteiger partial charge in [0.1, 0.15) is 6.04 Å². The lowest BCUT2D eigenvalue weighted by atomic mass is 9.97. The third-order valence-electron chi connectivity index (χ3n) is 6.64. The minimum absolute atomic E-state index is 0.0508. The first kappa shape index (κ1) is 27.7. The number of amides is 4. The number of hydrogen-bond acceptors (Lipinski definition) is 5. The summed E-state index contributed by atoms with van der Waals surface area (Å²) in [7, 11) is 0. The summed E-state index contributed by atoms with van der Waals surface area (Å²) in [6.07, 6.45) is 0.701. The van der Waals surface area contributed by atoms with Crippen LogP contribution in [-0.4, -0.2) is 71.9 Å². The van der Waals surface area contributed by atoms with Crippen LogP contribution < -0.4 is 10.6 Å². The summed E-state index contributed by atoms with van der Waals surface area (Å²) in [6, 6.07) is 14.1. The molecule has 37 heavy (non-hydrogen) atoms. The van der Waals surface area contributed by atoms with Crippen LogP contribution in [0.2, 0.25) is 0 Å². The van der Waals surface area contributed by atoms with E-state index in [4.69, 9.17) is 4.74 Å². The van der Waals surface area contributed by atoms with E-state index >= 15 is 0 Å². The summed E-state index contributed by atoms with van der Waals surface area (Å²) >= 11 is 0. The number of carbonyl (C=O) groups excluding carboxylic acids is 4. The van der Waals surface area contributed by atoms with Crippen molar-refractivity contribution in [2.24, 2.45) is 5.92 Å². The van der Waals surface area contributed by atoms with Crippen molar-refractivity contribution in [2.75, 3.05) is 31.6 Å². The van der Waals surface area contributed by atoms with Crippen LogP contribution in [0.5, 0.6) is 0 Å². The van der Waals surface area contributed by atoms with Crippen LogP contribution >= 0.6 is 0 Å². The van der Waals surface area contributed by atoms with Gasteiger partial charge >= 0.3 is 12.0 Å². The predicted molar refractivity (Wildman–Crippen MR) is 141 cm³/mol. The lowest BCUT2D eigenvalue weighted by molar-refractivity contribution is -0.136. The van der Waals surface area contributed by atoms with E-state index in [1.54, 1.807) is 53.1 Å². The zero-order valence-electron chi connectivity index (χ0n) is 21.9. The molecule has 0 bridgehead atoms. The van der Waals surface area contributed by atoms with Gasteiger partial charge < -0.3 is 25.2 Å². The molecular formula is C28H36N4O5. The molecule has 1 aliphatic rings. The van der Waals surface area contributed by atoms with Crippen molar-refractivity contribution < 1.29 is 23.9 Å². The second-order valence-electron chi connectivity index (χ2n) is 9.26. The Kier molecular flexibility index (Phi) is 9.65. The molecule has 1 heterocycles. The maximum absolute atomic E-state index is 13.5. The largest absolute Gasteiger partial charge is 0.462 e. The SMILES string of the molecule is CCOC(=O)c1ccc(NC(=O)NC(C(=O)N2CCN(C(=O)c3ccccc3)C(C)C2)C(C)CC)cc1. The van der Waals surface area contributed by atoms with E-state index in [9.17, 15) is 19.2 Å². The standard InChI is InChI=1S/C28H36N4O5/c1-5-19(3)24(30-28(36)29-23-14-12-22(13-15-23)27(35)37-6-2)26(34)31-16-17-32(20(4)18-31)25(33)21-10-8-7-9-11-21/h7-15,19-20,24H,5-6,16-18H2,1-4H3,(H2,29,30,36). The molecule has 3 rings (SSSR count). The highest BCUT2D eigenvalue weighted by Gasteiger charge is 2.35. The van der Waals surface area contributed by atoms with E-state index in [2.05, 4.69) is 10.6 Å². The fourth-order valence-electron chi connectivity index (χ4n) is 4.30. The second kappa shape index (κ2) is 12.9. The number of anilines is 1. The first-order valence-electron chi connectivity index (χ1n) is 12.7. The second-order valence-corrected chi connectivity index (χ2v) is 9.26. The van der Waals surface area contributed by atoms with Gasteiger partial charge in [-0.25, -0.2) is 9.59 Å². The molecule has 198 valence electrons. The van der Waals surface area contributed by atoms with Crippen LogP contribution in [0.4, 0.5) is 10.5 Å². The molecule has 0 aromatic heterocycles. The molecule has 9 nitrogen and oxygen atoms in total. The maximum atomic E-state index is 13.5. The molecule has 0 aliphatic carbocycles. The Bertz CT molecular complexity index is 1090. The molecule has 0 saturated carbocycles. The van der Waals surface area contributed by atoms with Gasteiger partial charge in [-0.05, 0) is 56.2 Å². The third kappa shape index (κ3) is 7.09. The molecule has 1 aliphatic heterocycles. The highest BCUT2D eigenvalue weighted by molar-refractivity contribution is 5.96. The van der Waals surface area contributed by atoms with Crippen LogP contribution in [-0.2, 0) is 9.53 Å². The van der Waals surface area contributed by atoms with E-state index in [1.165, 1.54) is 0 Å². The first-order chi connectivity index (χ1) is 17.7. The highest BCUT2D eigenvalue weighted by atomic mass is 16.5. The molecule has 9 heteroatoms. The van der Waals surface area contributed by atoms with Crippen LogP contribution in [0.1, 0.15) is 54.8 Å². The van der Waals surface area contributed by atoms with E-state index < -0.39 is 18.0 Å². The fraction of sp³-hybridized carbons (Fsp3) is 0.429. The number of hydrogen-bond donors (Lipinski definition) is 2. The predicted octanol–water partition coefficient (Wildman–Crippen LogP) is 3.77. The molecule has 2 aromatic carbocycles. The molecule has 1 fully saturated rings. The van der Waals surface area contributed by atoms with Gasteiger partial charge in [0.15, 0.2) is 0 Å². The van der Waals surface area contributed by atoms with Crippen molar-refractivity contribution in [2.45, 2.75) is 46.2 Å². The Morgan fingerprint density at radius 1 is 0.973 bits per heavy atom. The van der Waals surface area contributed by atoms with E-state index in [1.807, 2.05) is 39.0 Å². The van der Waals surface area contributed by atoms with Gasteiger partial charge in [0.2, 0.25) is 5.91 Å². The number of benzene rings is 2. The fourth-order valence-corrected chi connectivity index (χ4v) is 4.30. The molecule has 2 aromatic rings. The molecule has 3 unspecified atom stereocenters. The summed E-state index contributed by atoms with van der Waals surface area (Å²) in [5.41, 5.74) is 1.50. The average molecular weight is 509 g/mol. The van der Waals surface area contributed by atoms with Crippen LogP contribution in [0.25, 0.3) is 0 Å². The quantitative estimate of drug-likeness (QED) is 0.528. The molecule has 2 N–H and O–H groups in total. The summed E-state index contributed by atoms with van der Waals surface area (Å²) in [5, 5.41) is 5.56. The summed E-state index contributed by atoms with van der Waals surface area (Å²) in [5.74, 6) is -0.740. The molecular weight excluding hydrogens is 472 g/mol. The zero-order chi connectivity index (χ0) is 26.9. The normalized spacial score (nSPS) is 16.9. The van der Waals surface area contributed by atoms with Crippen molar-refractivity contribution in [3.05, 3.63) is 65.7 Å². The van der Waals surface area contributed by atoms with Crippen LogP contribution in [0, 0.1) is 5.92 Å². The topological polar surface area (TPSA) is 108 Å². The number of urea groups is 1. The Balaban J connectivity index is 1.62. The molecule has 1 saturated heterocycles. The minimum Gasteiger partial charge on any atom is -0.462 e. The van der Waals surface area contributed by atoms with Gasteiger partial charge in [-0.1, -0.05) is 38.5 Å². The van der Waals surface area contributed by atoms with Gasteiger partial charge in [-0.3, -0.25) is 9.59 Å². The minimum atomic E-state index is -0.715. The van der Waals surface area contributed by atoms with Gasteiger partial charge in [-0.15, -0.1) is 0 Å². The van der Waals surface area contributed by atoms with Crippen molar-refractivity contribution in [1.29, 1.82) is 0 Å². The molecule has 4 amide bonds. The van der Waals surface area contributed by atoms with Gasteiger partial charge in [-0.2, -0.15) is 0 Å². The zero-order valence-corrected chi connectivity index (χ0v) is 21.9. The van der Waals surface area contributed by atoms with E-state index in [-0.39, 0.29) is 30.4 Å². The maximum Gasteiger partial charge on any atom is 0.338 e. The lowest BCUT2D eigenvalue weighted by Crippen LogP contribution is -2.60. The van der Waals surface area contributed by atoms with Crippen molar-refractivity contribution in [1.82, 2.24) is 15.1 Å². The summed E-state index contributed by atoms with van der Waals surface area (Å²) in [4.78, 5) is 54.5.